The van der Waals surface area contributed by atoms with Gasteiger partial charge < -0.3 is 0 Å². The molecule has 0 aromatic rings. The summed E-state index contributed by atoms with van der Waals surface area (Å²) in [4.78, 5) is 0. The fourth-order valence-corrected chi connectivity index (χ4v) is 1.85. The summed E-state index contributed by atoms with van der Waals surface area (Å²) in [5.41, 5.74) is 0. The van der Waals surface area contributed by atoms with Gasteiger partial charge in [-0.1, -0.05) is 0 Å². The van der Waals surface area contributed by atoms with Crippen LogP contribution in [0.1, 0.15) is 0 Å². The molecule has 0 radical (unpaired) electrons. The molecule has 0 amide bonds. The Labute approximate surface area is 109 Å². The van der Waals surface area contributed by atoms with Crippen LogP contribution in [0.25, 0.3) is 0 Å². The molecule has 12 heteroatoms. The predicted molar refractivity (Wildman–Crippen MR) is 26.5 cm³/mol. The van der Waals surface area contributed by atoms with E-state index in [-0.39, 0.29) is 56.8 Å². The van der Waals surface area contributed by atoms with Crippen molar-refractivity contribution in [2.45, 2.75) is 0 Å². The van der Waals surface area contributed by atoms with Crippen LogP contribution in [0.3, 0.4) is 0 Å². The van der Waals surface area contributed by atoms with Crippen LogP contribution in [0.4, 0.5) is 0 Å². The van der Waals surface area contributed by atoms with Crippen molar-refractivity contribution in [3.63, 3.8) is 0 Å². The van der Waals surface area contributed by atoms with Gasteiger partial charge in [0.25, 0.3) is 0 Å². The maximum absolute atomic E-state index is 9.53. The Hall–Kier alpha value is 2.11. The van der Waals surface area contributed by atoms with Crippen LogP contribution < -0.4 is 0 Å². The molecule has 0 fully saturated rings. The number of hydrogen-bond donors (Lipinski definition) is 2. The standard InChI is InChI=1S/3Cr.Na.2H2O.5O.H3P.H/h;;;;2*1H2;;;;;;1H3;/q;2*+1;;;;;;;;;;/p-2. The molecule has 0 aliphatic carbocycles. The van der Waals surface area contributed by atoms with Gasteiger partial charge in [0, 0.05) is 17.4 Å². The second-order valence-corrected chi connectivity index (χ2v) is 4.68. The number of hydrogen-bond acceptors (Lipinski definition) is 5. The van der Waals surface area contributed by atoms with Crippen LogP contribution in [0, 0.1) is 0 Å². The van der Waals surface area contributed by atoms with E-state index >= 15 is 0 Å². The number of rotatable bonds is 2. The van der Waals surface area contributed by atoms with Crippen molar-refractivity contribution in [2.75, 3.05) is 0 Å². The summed E-state index contributed by atoms with van der Waals surface area (Å²) in [6.07, 6.45) is 0. The first-order chi connectivity index (χ1) is 3.71. The Morgan fingerprint density at radius 2 is 1.08 bits per heavy atom. The first-order valence-electron chi connectivity index (χ1n) is 1.37. The molecule has 0 aromatic heterocycles. The zero-order valence-corrected chi connectivity index (χ0v) is 10.1. The van der Waals surface area contributed by atoms with E-state index in [4.69, 9.17) is 8.32 Å². The molecular weight excluding hydrogens is 322 g/mol. The Morgan fingerprint density at radius 1 is 0.917 bits per heavy atom. The Balaban J connectivity index is -0.000000107. The molecule has 0 rings (SSSR count). The summed E-state index contributed by atoms with van der Waals surface area (Å²) < 4.78 is 56.3. The van der Waals surface area contributed by atoms with E-state index in [1.807, 2.05) is 0 Å². The van der Waals surface area contributed by atoms with Gasteiger partial charge in [0.05, 0.1) is 0 Å². The summed E-state index contributed by atoms with van der Waals surface area (Å²) in [5.74, 6) is 0. The monoisotopic (exact) mass is 328 g/mol. The topological polar surface area (TPSA) is 118 Å². The van der Waals surface area contributed by atoms with Crippen molar-refractivity contribution in [3.05, 3.63) is 0 Å². The van der Waals surface area contributed by atoms with Crippen LogP contribution >= 0.6 is 9.90 Å². The van der Waals surface area contributed by atoms with Gasteiger partial charge in [-0.15, -0.1) is 0 Å². The second kappa shape index (κ2) is 8.42. The molecule has 0 saturated carbocycles. The molecule has 7 nitrogen and oxygen atoms in total. The van der Waals surface area contributed by atoms with Crippen molar-refractivity contribution in [3.8, 4) is 0 Å². The SMILES string of the molecule is P.[Cr].[NaH].[O]=[Cr](=[O])([OH])[O][Cr](=[O])(=[O])[OH]. The molecular formula is H6Cr3NaO7P. The molecule has 0 aliphatic heterocycles. The molecule has 0 heterocycles. The van der Waals surface area contributed by atoms with Gasteiger partial charge in [0.1, 0.15) is 0 Å². The van der Waals surface area contributed by atoms with Crippen LogP contribution in [0.2, 0.25) is 0 Å². The molecule has 0 bridgehead atoms. The van der Waals surface area contributed by atoms with E-state index < -0.39 is 27.2 Å². The van der Waals surface area contributed by atoms with E-state index in [0.29, 0.717) is 0 Å². The van der Waals surface area contributed by atoms with Gasteiger partial charge in [-0.05, 0) is 0 Å². The molecule has 72 valence electrons. The molecule has 1 atom stereocenters. The van der Waals surface area contributed by atoms with E-state index in [0.717, 1.165) is 0 Å². The minimum absolute atomic E-state index is 0. The van der Waals surface area contributed by atoms with Crippen molar-refractivity contribution in [2.24, 2.45) is 0 Å². The van der Waals surface area contributed by atoms with Crippen LogP contribution in [0.5, 0.6) is 0 Å². The Morgan fingerprint density at radius 3 is 1.08 bits per heavy atom. The molecule has 1 unspecified atom stereocenters. The third kappa shape index (κ3) is 22.7. The van der Waals surface area contributed by atoms with Crippen molar-refractivity contribution >= 4 is 39.5 Å². The average molecular weight is 328 g/mol. The molecule has 12 heavy (non-hydrogen) atoms. The summed E-state index contributed by atoms with van der Waals surface area (Å²) >= 11 is -11.5. The van der Waals surface area contributed by atoms with Gasteiger partial charge in [-0.2, -0.15) is 9.90 Å². The van der Waals surface area contributed by atoms with Crippen LogP contribution in [0.15, 0.2) is 0 Å². The van der Waals surface area contributed by atoms with Crippen molar-refractivity contribution < 1.29 is 71.0 Å². The first kappa shape index (κ1) is 23.7. The summed E-state index contributed by atoms with van der Waals surface area (Å²) in [6, 6.07) is 0. The quantitative estimate of drug-likeness (QED) is 0.434. The molecule has 0 aromatic carbocycles. The third-order valence-electron chi connectivity index (χ3n) is 0.172. The van der Waals surface area contributed by atoms with Gasteiger partial charge in [-0.3, -0.25) is 0 Å². The van der Waals surface area contributed by atoms with E-state index in [2.05, 4.69) is 2.84 Å². The maximum atomic E-state index is 9.53. The van der Waals surface area contributed by atoms with E-state index in [9.17, 15) is 15.2 Å². The fourth-order valence-electron chi connectivity index (χ4n) is 0.109. The summed E-state index contributed by atoms with van der Waals surface area (Å²) in [7, 11) is 0. The molecule has 0 aliphatic rings. The predicted octanol–water partition coefficient (Wildman–Crippen LogP) is -2.26. The first-order valence-corrected chi connectivity index (χ1v) is 5.63. The Bertz CT molecular complexity index is 244. The third-order valence-corrected chi connectivity index (χ3v) is 2.92. The molecule has 0 spiro atoms. The zero-order chi connectivity index (χ0) is 7.71. The zero-order valence-electron chi connectivity index (χ0n) is 4.87. The fraction of sp³-hybridized carbons (Fsp3) is 0. The molecule has 0 saturated heterocycles. The van der Waals surface area contributed by atoms with E-state index in [1.54, 1.807) is 0 Å². The van der Waals surface area contributed by atoms with Crippen molar-refractivity contribution in [1.82, 2.24) is 0 Å². The van der Waals surface area contributed by atoms with Gasteiger partial charge in [-0.25, -0.2) is 0 Å². The van der Waals surface area contributed by atoms with Crippen LogP contribution in [-0.4, -0.2) is 37.9 Å². The van der Waals surface area contributed by atoms with E-state index in [1.165, 1.54) is 0 Å². The summed E-state index contributed by atoms with van der Waals surface area (Å²) in [6.45, 7) is 0. The normalized spacial score (nSPS) is 10.2. The van der Waals surface area contributed by atoms with Gasteiger partial charge in [0.15, 0.2) is 0 Å². The van der Waals surface area contributed by atoms with Gasteiger partial charge in [0.2, 0.25) is 0 Å². The summed E-state index contributed by atoms with van der Waals surface area (Å²) in [5, 5.41) is 0. The van der Waals surface area contributed by atoms with Crippen LogP contribution in [-0.2, 0) is 62.6 Å². The van der Waals surface area contributed by atoms with Crippen molar-refractivity contribution in [1.29, 1.82) is 0 Å². The van der Waals surface area contributed by atoms with Gasteiger partial charge >= 0.3 is 83.2 Å². The minimum atomic E-state index is -5.76. The Kier molecular flexibility index (Phi) is 16.6. The second-order valence-electron chi connectivity index (χ2n) is 0.924. The molecule has 2 N–H and O–H groups in total. The average Bonchev–Trinajstić information content (AvgIpc) is 1.14.